The molecule has 0 aromatic rings. The first-order chi connectivity index (χ1) is 4.20. The Hall–Kier alpha value is 0.350. The van der Waals surface area contributed by atoms with E-state index >= 15 is 0 Å². The average molecular weight is 183 g/mol. The molecule has 0 saturated carbocycles. The molecule has 1 aliphatic carbocycles. The number of halogens is 3. The Morgan fingerprint density at radius 3 is 2.44 bits per heavy atom. The zero-order chi connectivity index (χ0) is 6.85. The lowest BCUT2D eigenvalue weighted by molar-refractivity contribution is 1.07. The Bertz CT molecular complexity index is 165. The second-order valence-corrected chi connectivity index (χ2v) is 3.37. The van der Waals surface area contributed by atoms with Gasteiger partial charge in [-0.2, -0.15) is 0 Å². The Kier molecular flexibility index (Phi) is 2.45. The molecule has 0 fully saturated rings. The molecule has 9 heavy (non-hydrogen) atoms. The Balaban J connectivity index is 2.71. The maximum Gasteiger partial charge on any atom is 0.110 e. The highest BCUT2D eigenvalue weighted by atomic mass is 35.5. The normalized spacial score (nSPS) is 25.2. The highest BCUT2D eigenvalue weighted by Crippen LogP contribution is 2.27. The molecule has 0 aromatic heterocycles. The molecule has 1 aliphatic rings. The van der Waals surface area contributed by atoms with Crippen molar-refractivity contribution in [1.29, 1.82) is 0 Å². The number of rotatable bonds is 0. The van der Waals surface area contributed by atoms with Crippen LogP contribution < -0.4 is 0 Å². The maximum atomic E-state index is 5.71. The monoisotopic (exact) mass is 182 g/mol. The Morgan fingerprint density at radius 2 is 2.22 bits per heavy atom. The van der Waals surface area contributed by atoms with Gasteiger partial charge in [0.25, 0.3) is 0 Å². The minimum Gasteiger partial charge on any atom is -0.118 e. The van der Waals surface area contributed by atoms with Gasteiger partial charge in [-0.25, -0.2) is 0 Å². The van der Waals surface area contributed by atoms with Crippen LogP contribution >= 0.6 is 34.8 Å². The zero-order valence-corrected chi connectivity index (χ0v) is 6.84. The third kappa shape index (κ3) is 1.89. The molecule has 3 heteroatoms. The molecule has 0 spiro atoms. The van der Waals surface area contributed by atoms with E-state index in [1.807, 2.05) is 12.2 Å². The first-order valence-electron chi connectivity index (χ1n) is 2.56. The first kappa shape index (κ1) is 7.46. The summed E-state index contributed by atoms with van der Waals surface area (Å²) in [5.74, 6) is 0. The van der Waals surface area contributed by atoms with Crippen molar-refractivity contribution in [3.63, 3.8) is 0 Å². The maximum absolute atomic E-state index is 5.71. The summed E-state index contributed by atoms with van der Waals surface area (Å²) < 4.78 is 0.328. The highest BCUT2D eigenvalue weighted by Gasteiger charge is 2.11. The highest BCUT2D eigenvalue weighted by molar-refractivity contribution is 6.56. The van der Waals surface area contributed by atoms with Crippen LogP contribution in [0.5, 0.6) is 0 Å². The van der Waals surface area contributed by atoms with E-state index in [2.05, 4.69) is 0 Å². The zero-order valence-electron chi connectivity index (χ0n) is 4.57. The van der Waals surface area contributed by atoms with Crippen LogP contribution in [0.1, 0.15) is 6.42 Å². The fourth-order valence-electron chi connectivity index (χ4n) is 0.707. The first-order valence-corrected chi connectivity index (χ1v) is 3.76. The topological polar surface area (TPSA) is 0 Å². The van der Waals surface area contributed by atoms with Crippen molar-refractivity contribution in [2.75, 3.05) is 0 Å². The van der Waals surface area contributed by atoms with E-state index in [0.29, 0.717) is 4.49 Å². The van der Waals surface area contributed by atoms with E-state index in [9.17, 15) is 0 Å². The molecular weight excluding hydrogens is 178 g/mol. The Labute approximate surface area is 69.1 Å². The lowest BCUT2D eigenvalue weighted by Gasteiger charge is -1.93. The van der Waals surface area contributed by atoms with E-state index in [-0.39, 0.29) is 5.38 Å². The van der Waals surface area contributed by atoms with E-state index in [4.69, 9.17) is 34.8 Å². The Morgan fingerprint density at radius 1 is 1.56 bits per heavy atom. The lowest BCUT2D eigenvalue weighted by Crippen LogP contribution is -1.85. The van der Waals surface area contributed by atoms with Gasteiger partial charge in [0.1, 0.15) is 4.49 Å². The van der Waals surface area contributed by atoms with Crippen LogP contribution in [0.2, 0.25) is 0 Å². The fourth-order valence-corrected chi connectivity index (χ4v) is 1.23. The molecule has 0 N–H and O–H groups in total. The molecule has 0 amide bonds. The second kappa shape index (κ2) is 2.96. The second-order valence-electron chi connectivity index (χ2n) is 1.86. The van der Waals surface area contributed by atoms with Crippen molar-refractivity contribution < 1.29 is 0 Å². The van der Waals surface area contributed by atoms with Crippen LogP contribution in [0.4, 0.5) is 0 Å². The average Bonchev–Trinajstić information content (AvgIpc) is 2.14. The van der Waals surface area contributed by atoms with Gasteiger partial charge >= 0.3 is 0 Å². The van der Waals surface area contributed by atoms with E-state index in [0.717, 1.165) is 12.0 Å². The smallest absolute Gasteiger partial charge is 0.110 e. The summed E-state index contributed by atoms with van der Waals surface area (Å²) in [6, 6.07) is 0. The van der Waals surface area contributed by atoms with Gasteiger partial charge in [-0.15, -0.1) is 11.6 Å². The summed E-state index contributed by atoms with van der Waals surface area (Å²) in [5, 5.41) is 0.0764. The van der Waals surface area contributed by atoms with Crippen molar-refractivity contribution in [2.24, 2.45) is 0 Å². The van der Waals surface area contributed by atoms with E-state index in [1.54, 1.807) is 0 Å². The molecule has 0 saturated heterocycles. The third-order valence-corrected chi connectivity index (χ3v) is 1.95. The third-order valence-electron chi connectivity index (χ3n) is 1.16. The fraction of sp³-hybridized carbons (Fsp3) is 0.333. The number of hydrogen-bond donors (Lipinski definition) is 0. The van der Waals surface area contributed by atoms with Crippen LogP contribution in [0.25, 0.3) is 0 Å². The molecule has 0 aromatic carbocycles. The molecule has 0 radical (unpaired) electrons. The summed E-state index contributed by atoms with van der Waals surface area (Å²) >= 11 is 16.7. The lowest BCUT2D eigenvalue weighted by atomic mass is 10.3. The molecule has 1 atom stereocenters. The summed E-state index contributed by atoms with van der Waals surface area (Å²) in [4.78, 5) is 0. The minimum absolute atomic E-state index is 0.0764. The minimum atomic E-state index is 0.0764. The molecule has 0 unspecified atom stereocenters. The molecule has 0 nitrogen and oxygen atoms in total. The van der Waals surface area contributed by atoms with Crippen molar-refractivity contribution in [3.8, 4) is 0 Å². The van der Waals surface area contributed by atoms with Gasteiger partial charge < -0.3 is 0 Å². The predicted octanol–water partition coefficient (Wildman–Crippen LogP) is 3.24. The van der Waals surface area contributed by atoms with E-state index < -0.39 is 0 Å². The standard InChI is InChI=1S/C6H5Cl3/c7-5-2-1-4(3-5)6(8)9/h1-2,5H,3H2/t5-/m0/s1. The predicted molar refractivity (Wildman–Crippen MR) is 42.1 cm³/mol. The summed E-state index contributed by atoms with van der Waals surface area (Å²) in [5.41, 5.74) is 0.929. The largest absolute Gasteiger partial charge is 0.118 e. The van der Waals surface area contributed by atoms with Crippen LogP contribution in [0.3, 0.4) is 0 Å². The van der Waals surface area contributed by atoms with Crippen molar-refractivity contribution in [1.82, 2.24) is 0 Å². The quantitative estimate of drug-likeness (QED) is 0.506. The summed E-state index contributed by atoms with van der Waals surface area (Å²) in [7, 11) is 0. The molecule has 0 aliphatic heterocycles. The molecule has 50 valence electrons. The van der Waals surface area contributed by atoms with E-state index in [1.165, 1.54) is 0 Å². The van der Waals surface area contributed by atoms with Crippen molar-refractivity contribution >= 4 is 34.8 Å². The van der Waals surface area contributed by atoms with Crippen molar-refractivity contribution in [3.05, 3.63) is 22.2 Å². The van der Waals surface area contributed by atoms with Gasteiger partial charge in [0.15, 0.2) is 0 Å². The molecule has 0 heterocycles. The van der Waals surface area contributed by atoms with Gasteiger partial charge in [0.2, 0.25) is 0 Å². The van der Waals surface area contributed by atoms with Crippen LogP contribution in [0.15, 0.2) is 22.2 Å². The molecule has 1 rings (SSSR count). The molecular formula is C6H5Cl3. The van der Waals surface area contributed by atoms with Gasteiger partial charge in [-0.3, -0.25) is 0 Å². The van der Waals surface area contributed by atoms with Gasteiger partial charge in [0, 0.05) is 0 Å². The summed E-state index contributed by atoms with van der Waals surface area (Å²) in [6.45, 7) is 0. The summed E-state index contributed by atoms with van der Waals surface area (Å²) in [6.07, 6.45) is 4.48. The van der Waals surface area contributed by atoms with Gasteiger partial charge in [-0.05, 0) is 12.0 Å². The van der Waals surface area contributed by atoms with Crippen LogP contribution in [-0.4, -0.2) is 5.38 Å². The number of allylic oxidation sites excluding steroid dienone is 3. The van der Waals surface area contributed by atoms with Gasteiger partial charge in [0.05, 0.1) is 5.38 Å². The van der Waals surface area contributed by atoms with Crippen LogP contribution in [-0.2, 0) is 0 Å². The van der Waals surface area contributed by atoms with Gasteiger partial charge in [-0.1, -0.05) is 35.4 Å². The number of hydrogen-bond acceptors (Lipinski definition) is 0. The molecule has 0 bridgehead atoms. The van der Waals surface area contributed by atoms with Crippen LogP contribution in [0, 0.1) is 0 Å². The van der Waals surface area contributed by atoms with Crippen molar-refractivity contribution in [2.45, 2.75) is 11.8 Å². The SMILES string of the molecule is ClC(Cl)=C1C=C[C@H](Cl)C1. The number of alkyl halides is 1.